The summed E-state index contributed by atoms with van der Waals surface area (Å²) < 4.78 is 0. The highest BCUT2D eigenvalue weighted by Gasteiger charge is 2.23. The molecule has 2 aromatic rings. The summed E-state index contributed by atoms with van der Waals surface area (Å²) in [5, 5.41) is 6.75. The van der Waals surface area contributed by atoms with E-state index in [1.54, 1.807) is 6.20 Å². The number of hydrogen-bond acceptors (Lipinski definition) is 3. The Balaban J connectivity index is 1.48. The molecule has 0 atom stereocenters. The van der Waals surface area contributed by atoms with Gasteiger partial charge in [0.15, 0.2) is 0 Å². The fraction of sp³-hybridized carbons (Fsp3) is 0.333. The van der Waals surface area contributed by atoms with Crippen molar-refractivity contribution >= 4 is 12.0 Å². The molecule has 3 rings (SSSR count). The summed E-state index contributed by atoms with van der Waals surface area (Å²) in [6, 6.07) is 10.3. The van der Waals surface area contributed by atoms with Gasteiger partial charge in [-0.3, -0.25) is 14.8 Å². The molecule has 23 heavy (non-hydrogen) atoms. The van der Waals surface area contributed by atoms with Gasteiger partial charge in [-0.05, 0) is 12.5 Å². The SMILES string of the molecule is Cc1[nH]ncc1C(=O)N1CCN(C/C=C/c2ccccc2)CC1. The van der Waals surface area contributed by atoms with Gasteiger partial charge in [0.05, 0.1) is 11.8 Å². The first-order valence-electron chi connectivity index (χ1n) is 7.97. The van der Waals surface area contributed by atoms with Crippen LogP contribution in [0, 0.1) is 6.92 Å². The molecule has 1 aliphatic heterocycles. The molecule has 5 heteroatoms. The molecule has 1 fully saturated rings. The van der Waals surface area contributed by atoms with E-state index in [2.05, 4.69) is 39.4 Å². The van der Waals surface area contributed by atoms with Crippen molar-refractivity contribution < 1.29 is 4.79 Å². The van der Waals surface area contributed by atoms with E-state index >= 15 is 0 Å². The van der Waals surface area contributed by atoms with Crippen LogP contribution in [0.1, 0.15) is 21.6 Å². The highest BCUT2D eigenvalue weighted by Crippen LogP contribution is 2.11. The minimum atomic E-state index is 0.0794. The van der Waals surface area contributed by atoms with Crippen LogP contribution in [0.5, 0.6) is 0 Å². The lowest BCUT2D eigenvalue weighted by Gasteiger charge is -2.34. The quantitative estimate of drug-likeness (QED) is 0.942. The zero-order valence-corrected chi connectivity index (χ0v) is 13.4. The molecule has 120 valence electrons. The third kappa shape index (κ3) is 3.87. The number of piperazine rings is 1. The first kappa shape index (κ1) is 15.5. The van der Waals surface area contributed by atoms with Crippen molar-refractivity contribution in [2.75, 3.05) is 32.7 Å². The van der Waals surface area contributed by atoms with Crippen LogP contribution in [0.3, 0.4) is 0 Å². The number of hydrogen-bond donors (Lipinski definition) is 1. The molecule has 1 aromatic carbocycles. The van der Waals surface area contributed by atoms with Crippen LogP contribution in [0.15, 0.2) is 42.6 Å². The first-order valence-corrected chi connectivity index (χ1v) is 7.97. The number of amides is 1. The average molecular weight is 310 g/mol. The van der Waals surface area contributed by atoms with Crippen LogP contribution < -0.4 is 0 Å². The number of aromatic nitrogens is 2. The van der Waals surface area contributed by atoms with Gasteiger partial charge in [-0.25, -0.2) is 0 Å². The fourth-order valence-corrected chi connectivity index (χ4v) is 2.77. The Labute approximate surface area is 136 Å². The number of rotatable bonds is 4. The largest absolute Gasteiger partial charge is 0.336 e. The Morgan fingerprint density at radius 2 is 1.96 bits per heavy atom. The van der Waals surface area contributed by atoms with Gasteiger partial charge in [0.2, 0.25) is 0 Å². The smallest absolute Gasteiger partial charge is 0.257 e. The highest BCUT2D eigenvalue weighted by atomic mass is 16.2. The van der Waals surface area contributed by atoms with Gasteiger partial charge in [0, 0.05) is 38.4 Å². The molecule has 0 aliphatic carbocycles. The summed E-state index contributed by atoms with van der Waals surface area (Å²) in [7, 11) is 0. The number of carbonyl (C=O) groups is 1. The highest BCUT2D eigenvalue weighted by molar-refractivity contribution is 5.95. The van der Waals surface area contributed by atoms with E-state index < -0.39 is 0 Å². The molecule has 0 spiro atoms. The number of nitrogens with zero attached hydrogens (tertiary/aromatic N) is 3. The number of aromatic amines is 1. The van der Waals surface area contributed by atoms with E-state index in [0.29, 0.717) is 5.56 Å². The molecule has 5 nitrogen and oxygen atoms in total. The minimum absolute atomic E-state index is 0.0794. The van der Waals surface area contributed by atoms with Gasteiger partial charge in [-0.15, -0.1) is 0 Å². The number of benzene rings is 1. The Bertz CT molecular complexity index is 669. The second-order valence-corrected chi connectivity index (χ2v) is 5.81. The lowest BCUT2D eigenvalue weighted by atomic mass is 10.2. The zero-order valence-electron chi connectivity index (χ0n) is 13.4. The van der Waals surface area contributed by atoms with Gasteiger partial charge in [0.25, 0.3) is 5.91 Å². The topological polar surface area (TPSA) is 52.2 Å². The molecular weight excluding hydrogens is 288 g/mol. The number of H-pyrrole nitrogens is 1. The van der Waals surface area contributed by atoms with Crippen molar-refractivity contribution in [3.8, 4) is 0 Å². The van der Waals surface area contributed by atoms with Crippen molar-refractivity contribution in [1.29, 1.82) is 0 Å². The zero-order chi connectivity index (χ0) is 16.1. The van der Waals surface area contributed by atoms with E-state index in [4.69, 9.17) is 0 Å². The lowest BCUT2D eigenvalue weighted by Crippen LogP contribution is -2.48. The average Bonchev–Trinajstić information content (AvgIpc) is 3.02. The van der Waals surface area contributed by atoms with E-state index in [-0.39, 0.29) is 5.91 Å². The second kappa shape index (κ2) is 7.24. The molecule has 1 aliphatic rings. The summed E-state index contributed by atoms with van der Waals surface area (Å²) in [6.07, 6.45) is 5.95. The standard InChI is InChI=1S/C18H22N4O/c1-15-17(14-19-20-15)18(23)22-12-10-21(11-13-22)9-5-8-16-6-3-2-4-7-16/h2-8,14H,9-13H2,1H3,(H,19,20)/b8-5+. The normalized spacial score (nSPS) is 16.1. The predicted octanol–water partition coefficient (Wildman–Crippen LogP) is 2.19. The molecule has 1 aromatic heterocycles. The van der Waals surface area contributed by atoms with Crippen LogP contribution in [-0.4, -0.2) is 58.6 Å². The molecule has 0 bridgehead atoms. The minimum Gasteiger partial charge on any atom is -0.336 e. The van der Waals surface area contributed by atoms with Crippen molar-refractivity contribution in [1.82, 2.24) is 20.0 Å². The van der Waals surface area contributed by atoms with Crippen molar-refractivity contribution in [2.45, 2.75) is 6.92 Å². The summed E-state index contributed by atoms with van der Waals surface area (Å²) in [5.74, 6) is 0.0794. The molecule has 0 unspecified atom stereocenters. The molecule has 0 radical (unpaired) electrons. The Hall–Kier alpha value is -2.40. The fourth-order valence-electron chi connectivity index (χ4n) is 2.77. The monoisotopic (exact) mass is 310 g/mol. The van der Waals surface area contributed by atoms with Crippen LogP contribution in [0.2, 0.25) is 0 Å². The Morgan fingerprint density at radius 1 is 1.22 bits per heavy atom. The maximum Gasteiger partial charge on any atom is 0.257 e. The van der Waals surface area contributed by atoms with Crippen molar-refractivity contribution in [3.63, 3.8) is 0 Å². The number of nitrogens with one attached hydrogen (secondary N) is 1. The molecule has 1 saturated heterocycles. The van der Waals surface area contributed by atoms with Gasteiger partial charge >= 0.3 is 0 Å². The molecule has 0 saturated carbocycles. The number of aryl methyl sites for hydroxylation is 1. The third-order valence-corrected chi connectivity index (χ3v) is 4.19. The summed E-state index contributed by atoms with van der Waals surface area (Å²) in [5.41, 5.74) is 2.74. The van der Waals surface area contributed by atoms with E-state index in [1.165, 1.54) is 5.56 Å². The van der Waals surface area contributed by atoms with E-state index in [9.17, 15) is 4.79 Å². The molecule has 1 N–H and O–H groups in total. The van der Waals surface area contributed by atoms with Gasteiger partial charge < -0.3 is 4.90 Å². The van der Waals surface area contributed by atoms with Crippen LogP contribution >= 0.6 is 0 Å². The number of carbonyl (C=O) groups excluding carboxylic acids is 1. The van der Waals surface area contributed by atoms with Gasteiger partial charge in [0.1, 0.15) is 0 Å². The van der Waals surface area contributed by atoms with E-state index in [0.717, 1.165) is 38.4 Å². The van der Waals surface area contributed by atoms with Crippen LogP contribution in [0.4, 0.5) is 0 Å². The maximum atomic E-state index is 12.4. The van der Waals surface area contributed by atoms with Gasteiger partial charge in [-0.1, -0.05) is 42.5 Å². The Morgan fingerprint density at radius 3 is 2.61 bits per heavy atom. The van der Waals surface area contributed by atoms with Crippen LogP contribution in [-0.2, 0) is 0 Å². The van der Waals surface area contributed by atoms with Crippen LogP contribution in [0.25, 0.3) is 6.08 Å². The third-order valence-electron chi connectivity index (χ3n) is 4.19. The second-order valence-electron chi connectivity index (χ2n) is 5.81. The summed E-state index contributed by atoms with van der Waals surface area (Å²) in [6.45, 7) is 6.14. The van der Waals surface area contributed by atoms with Gasteiger partial charge in [-0.2, -0.15) is 5.10 Å². The first-order chi connectivity index (χ1) is 11.2. The molecular formula is C18H22N4O. The maximum absolute atomic E-state index is 12.4. The van der Waals surface area contributed by atoms with Crippen molar-refractivity contribution in [3.05, 3.63) is 59.4 Å². The van der Waals surface area contributed by atoms with E-state index in [1.807, 2.05) is 30.0 Å². The van der Waals surface area contributed by atoms with Crippen molar-refractivity contribution in [2.24, 2.45) is 0 Å². The predicted molar refractivity (Wildman–Crippen MR) is 91.1 cm³/mol. The summed E-state index contributed by atoms with van der Waals surface area (Å²) >= 11 is 0. The Kier molecular flexibility index (Phi) is 4.88. The summed E-state index contributed by atoms with van der Waals surface area (Å²) in [4.78, 5) is 16.7. The lowest BCUT2D eigenvalue weighted by molar-refractivity contribution is 0.0649. The molecule has 1 amide bonds. The molecule has 2 heterocycles.